The van der Waals surface area contributed by atoms with Crippen molar-refractivity contribution >= 4 is 32.8 Å². The molecule has 0 saturated carbocycles. The second-order valence-corrected chi connectivity index (χ2v) is 6.39. The summed E-state index contributed by atoms with van der Waals surface area (Å²) in [6.45, 7) is 1.94. The highest BCUT2D eigenvalue weighted by Crippen LogP contribution is 2.30. The zero-order valence-electron chi connectivity index (χ0n) is 6.80. The Hall–Kier alpha value is -0.0600. The summed E-state index contributed by atoms with van der Waals surface area (Å²) in [7, 11) is -3.08. The van der Waals surface area contributed by atoms with Crippen LogP contribution < -0.4 is 0 Å². The summed E-state index contributed by atoms with van der Waals surface area (Å²) < 4.78 is 23.1. The van der Waals surface area contributed by atoms with Crippen LogP contribution in [0.3, 0.4) is 0 Å². The molecule has 0 aliphatic heterocycles. The van der Waals surface area contributed by atoms with Crippen molar-refractivity contribution in [1.82, 2.24) is 0 Å². The lowest BCUT2D eigenvalue weighted by Gasteiger charge is -1.87. The molecule has 1 aromatic rings. The Bertz CT molecular complexity index is 378. The lowest BCUT2D eigenvalue weighted by molar-refractivity contribution is 0.603. The summed E-state index contributed by atoms with van der Waals surface area (Å²) in [4.78, 5) is 0. The Kier molecular flexibility index (Phi) is 2.81. The molecule has 1 heterocycles. The maximum atomic E-state index is 11.1. The van der Waals surface area contributed by atoms with Crippen LogP contribution in [0.5, 0.6) is 0 Å². The van der Waals surface area contributed by atoms with E-state index >= 15 is 0 Å². The molecule has 0 saturated heterocycles. The van der Waals surface area contributed by atoms with Crippen molar-refractivity contribution in [2.75, 3.05) is 6.26 Å². The van der Waals surface area contributed by atoms with E-state index in [-0.39, 0.29) is 0 Å². The average Bonchev–Trinajstić information content (AvgIpc) is 2.29. The number of rotatable bonds is 2. The largest absolute Gasteiger partial charge is 0.223 e. The van der Waals surface area contributed by atoms with Crippen molar-refractivity contribution in [2.45, 2.75) is 17.6 Å². The van der Waals surface area contributed by atoms with Gasteiger partial charge in [0.2, 0.25) is 0 Å². The predicted molar refractivity (Wildman–Crippen MR) is 51.8 cm³/mol. The number of hydrogen-bond donors (Lipinski definition) is 0. The summed E-state index contributed by atoms with van der Waals surface area (Å²) >= 11 is 6.93. The highest BCUT2D eigenvalue weighted by Gasteiger charge is 2.13. The summed E-state index contributed by atoms with van der Waals surface area (Å²) in [5, 5.41) is 0. The predicted octanol–water partition coefficient (Wildman–Crippen LogP) is 2.37. The molecule has 0 aliphatic rings. The molecule has 0 bridgehead atoms. The van der Waals surface area contributed by atoms with E-state index in [1.807, 2.05) is 6.92 Å². The molecule has 0 N–H and O–H groups in total. The maximum absolute atomic E-state index is 11.1. The quantitative estimate of drug-likeness (QED) is 0.773. The molecule has 0 fully saturated rings. The zero-order valence-corrected chi connectivity index (χ0v) is 9.18. The van der Waals surface area contributed by atoms with Gasteiger partial charge in [0.05, 0.1) is 4.34 Å². The maximum Gasteiger partial charge on any atom is 0.184 e. The third kappa shape index (κ3) is 2.00. The second kappa shape index (κ2) is 3.36. The third-order valence-electron chi connectivity index (χ3n) is 1.48. The van der Waals surface area contributed by atoms with E-state index in [1.54, 1.807) is 6.07 Å². The minimum atomic E-state index is -3.08. The summed E-state index contributed by atoms with van der Waals surface area (Å²) in [5.41, 5.74) is 0.905. The van der Waals surface area contributed by atoms with Crippen molar-refractivity contribution in [3.63, 3.8) is 0 Å². The molecule has 0 aromatic carbocycles. The fraction of sp³-hybridized carbons (Fsp3) is 0.429. The van der Waals surface area contributed by atoms with Gasteiger partial charge in [-0.2, -0.15) is 0 Å². The standard InChI is InChI=1S/C7H9ClO2S2/c1-3-5-4-6(11-7(5)8)12(2,9)10/h4H,3H2,1-2H3. The van der Waals surface area contributed by atoms with Crippen LogP contribution in [0.1, 0.15) is 12.5 Å². The average molecular weight is 225 g/mol. The highest BCUT2D eigenvalue weighted by molar-refractivity contribution is 7.92. The molecule has 1 rings (SSSR count). The minimum Gasteiger partial charge on any atom is -0.223 e. The second-order valence-electron chi connectivity index (χ2n) is 2.49. The number of sulfone groups is 1. The van der Waals surface area contributed by atoms with Gasteiger partial charge >= 0.3 is 0 Å². The highest BCUT2D eigenvalue weighted by atomic mass is 35.5. The Labute approximate surface area is 81.1 Å². The molecule has 0 atom stereocenters. The molecule has 0 spiro atoms. The van der Waals surface area contributed by atoms with Gasteiger partial charge < -0.3 is 0 Å². The molecule has 0 radical (unpaired) electrons. The van der Waals surface area contributed by atoms with Crippen molar-refractivity contribution in [2.24, 2.45) is 0 Å². The van der Waals surface area contributed by atoms with Crippen LogP contribution in [-0.4, -0.2) is 14.7 Å². The summed E-state index contributed by atoms with van der Waals surface area (Å²) in [5.74, 6) is 0. The molecule has 0 aliphatic carbocycles. The number of hydrogen-bond acceptors (Lipinski definition) is 3. The number of halogens is 1. The van der Waals surface area contributed by atoms with E-state index in [0.29, 0.717) is 8.55 Å². The van der Waals surface area contributed by atoms with E-state index in [9.17, 15) is 8.42 Å². The lowest BCUT2D eigenvalue weighted by atomic mass is 10.3. The van der Waals surface area contributed by atoms with Crippen molar-refractivity contribution in [3.8, 4) is 0 Å². The summed E-state index contributed by atoms with van der Waals surface area (Å²) in [6, 6.07) is 1.64. The van der Waals surface area contributed by atoms with E-state index in [1.165, 1.54) is 6.26 Å². The first-order valence-corrected chi connectivity index (χ1v) is 6.52. The van der Waals surface area contributed by atoms with Crippen LogP contribution in [-0.2, 0) is 16.3 Å². The van der Waals surface area contributed by atoms with Crippen LogP contribution in [0.2, 0.25) is 4.34 Å². The van der Waals surface area contributed by atoms with Gasteiger partial charge in [-0.1, -0.05) is 18.5 Å². The first-order chi connectivity index (χ1) is 5.45. The first-order valence-electron chi connectivity index (χ1n) is 3.43. The molecule has 12 heavy (non-hydrogen) atoms. The van der Waals surface area contributed by atoms with Crippen LogP contribution in [0.25, 0.3) is 0 Å². The van der Waals surface area contributed by atoms with Crippen LogP contribution >= 0.6 is 22.9 Å². The Morgan fingerprint density at radius 3 is 2.42 bits per heavy atom. The van der Waals surface area contributed by atoms with Gasteiger partial charge in [0.1, 0.15) is 4.21 Å². The van der Waals surface area contributed by atoms with Crippen molar-refractivity contribution in [1.29, 1.82) is 0 Å². The molecule has 1 aromatic heterocycles. The minimum absolute atomic E-state index is 0.351. The van der Waals surface area contributed by atoms with Gasteiger partial charge in [-0.25, -0.2) is 8.42 Å². The number of aryl methyl sites for hydroxylation is 1. The van der Waals surface area contributed by atoms with Crippen LogP contribution in [0, 0.1) is 0 Å². The fourth-order valence-electron chi connectivity index (χ4n) is 0.806. The normalized spacial score (nSPS) is 11.9. The van der Waals surface area contributed by atoms with Crippen molar-refractivity contribution in [3.05, 3.63) is 16.0 Å². The van der Waals surface area contributed by atoms with E-state index in [4.69, 9.17) is 11.6 Å². The first kappa shape index (κ1) is 10.0. The van der Waals surface area contributed by atoms with Gasteiger partial charge in [-0.15, -0.1) is 11.3 Å². The SMILES string of the molecule is CCc1cc(S(C)(=O)=O)sc1Cl. The molecule has 0 amide bonds. The smallest absolute Gasteiger partial charge is 0.184 e. The van der Waals surface area contributed by atoms with E-state index in [2.05, 4.69) is 0 Å². The van der Waals surface area contributed by atoms with Crippen LogP contribution in [0.4, 0.5) is 0 Å². The van der Waals surface area contributed by atoms with Gasteiger partial charge in [-0.05, 0) is 18.1 Å². The molecule has 5 heteroatoms. The summed E-state index contributed by atoms with van der Waals surface area (Å²) in [6.07, 6.45) is 1.96. The molecule has 2 nitrogen and oxygen atoms in total. The third-order valence-corrected chi connectivity index (χ3v) is 4.72. The van der Waals surface area contributed by atoms with Gasteiger partial charge in [0.15, 0.2) is 9.84 Å². The van der Waals surface area contributed by atoms with Gasteiger partial charge in [0.25, 0.3) is 0 Å². The topological polar surface area (TPSA) is 34.1 Å². The van der Waals surface area contributed by atoms with E-state index in [0.717, 1.165) is 23.3 Å². The fourth-order valence-corrected chi connectivity index (χ4v) is 3.30. The number of thiophene rings is 1. The monoisotopic (exact) mass is 224 g/mol. The van der Waals surface area contributed by atoms with Gasteiger partial charge in [0, 0.05) is 6.26 Å². The Balaban J connectivity index is 3.23. The van der Waals surface area contributed by atoms with Crippen molar-refractivity contribution < 1.29 is 8.42 Å². The lowest BCUT2D eigenvalue weighted by Crippen LogP contribution is -1.92. The van der Waals surface area contributed by atoms with Gasteiger partial charge in [-0.3, -0.25) is 0 Å². The molecule has 0 unspecified atom stereocenters. The van der Waals surface area contributed by atoms with E-state index < -0.39 is 9.84 Å². The Morgan fingerprint density at radius 2 is 2.17 bits per heavy atom. The molecule has 68 valence electrons. The molecular formula is C7H9ClO2S2. The Morgan fingerprint density at radius 1 is 1.58 bits per heavy atom. The van der Waals surface area contributed by atoms with Crippen LogP contribution in [0.15, 0.2) is 10.3 Å². The molecular weight excluding hydrogens is 216 g/mol. The zero-order chi connectivity index (χ0) is 9.35.